The second-order valence-electron chi connectivity index (χ2n) is 7.17. The summed E-state index contributed by atoms with van der Waals surface area (Å²) in [4.78, 5) is 4.65. The van der Waals surface area contributed by atoms with Crippen LogP contribution < -0.4 is 4.74 Å². The maximum Gasteiger partial charge on any atom is 0.248 e. The molecule has 0 aliphatic heterocycles. The van der Waals surface area contributed by atoms with Gasteiger partial charge in [0.15, 0.2) is 0 Å². The van der Waals surface area contributed by atoms with Gasteiger partial charge >= 0.3 is 0 Å². The van der Waals surface area contributed by atoms with Crippen molar-refractivity contribution >= 4 is 34.2 Å². The Morgan fingerprint density at radius 2 is 1.81 bits per heavy atom. The summed E-state index contributed by atoms with van der Waals surface area (Å²) in [6, 6.07) is 27.4. The van der Waals surface area contributed by atoms with Crippen molar-refractivity contribution in [1.82, 2.24) is 15.2 Å². The van der Waals surface area contributed by atoms with Crippen LogP contribution in [0.1, 0.15) is 22.7 Å². The van der Waals surface area contributed by atoms with E-state index in [4.69, 9.17) is 20.8 Å². The molecule has 0 aliphatic rings. The van der Waals surface area contributed by atoms with Crippen molar-refractivity contribution < 1.29 is 9.15 Å². The molecule has 6 heteroatoms. The molecule has 0 amide bonds. The predicted octanol–water partition coefficient (Wildman–Crippen LogP) is 6.44. The standard InChI is InChI=1S/C26H18ClN3O2/c27-21-6-3-4-18(14-21)15-24(26-30-28-17-32-26)19-9-12-23(13-10-19)31-16-22-11-8-20-5-1-2-7-25(20)29-22/h1-15,17H,16H2/b24-15-. The van der Waals surface area contributed by atoms with Gasteiger partial charge in [0.2, 0.25) is 12.3 Å². The molecular formula is C26H18ClN3O2. The van der Waals surface area contributed by atoms with Gasteiger partial charge in [0.1, 0.15) is 12.4 Å². The summed E-state index contributed by atoms with van der Waals surface area (Å²) in [5.41, 5.74) is 4.49. The van der Waals surface area contributed by atoms with E-state index in [1.165, 1.54) is 6.39 Å². The van der Waals surface area contributed by atoms with E-state index in [9.17, 15) is 0 Å². The van der Waals surface area contributed by atoms with Gasteiger partial charge in [-0.2, -0.15) is 0 Å². The largest absolute Gasteiger partial charge is 0.487 e. The first-order chi connectivity index (χ1) is 15.7. The minimum Gasteiger partial charge on any atom is -0.487 e. The number of nitrogens with zero attached hydrogens (tertiary/aromatic N) is 3. The first kappa shape index (κ1) is 20.0. The number of para-hydroxylation sites is 1. The first-order valence-electron chi connectivity index (χ1n) is 10.1. The fourth-order valence-corrected chi connectivity index (χ4v) is 3.60. The molecule has 5 aromatic rings. The Hall–Kier alpha value is -3.96. The Kier molecular flexibility index (Phi) is 5.64. The van der Waals surface area contributed by atoms with Gasteiger partial charge in [-0.1, -0.05) is 60.1 Å². The van der Waals surface area contributed by atoms with Crippen LogP contribution in [-0.2, 0) is 6.61 Å². The molecule has 5 rings (SSSR count). The molecule has 3 aromatic carbocycles. The summed E-state index contributed by atoms with van der Waals surface area (Å²) in [6.07, 6.45) is 3.28. The third-order valence-electron chi connectivity index (χ3n) is 4.96. The molecule has 32 heavy (non-hydrogen) atoms. The first-order valence-corrected chi connectivity index (χ1v) is 10.4. The number of fused-ring (bicyclic) bond motifs is 1. The Morgan fingerprint density at radius 1 is 0.938 bits per heavy atom. The quantitative estimate of drug-likeness (QED) is 0.285. The second kappa shape index (κ2) is 9.04. The summed E-state index contributed by atoms with van der Waals surface area (Å²) >= 11 is 6.14. The van der Waals surface area contributed by atoms with Gasteiger partial charge in [0.05, 0.1) is 11.2 Å². The zero-order valence-electron chi connectivity index (χ0n) is 17.0. The van der Waals surface area contributed by atoms with Crippen LogP contribution in [0.5, 0.6) is 5.75 Å². The summed E-state index contributed by atoms with van der Waals surface area (Å²) in [6.45, 7) is 0.388. The third kappa shape index (κ3) is 4.53. The highest BCUT2D eigenvalue weighted by Crippen LogP contribution is 2.27. The fourth-order valence-electron chi connectivity index (χ4n) is 3.40. The number of halogens is 1. The molecule has 0 saturated carbocycles. The van der Waals surface area contributed by atoms with Gasteiger partial charge in [-0.3, -0.25) is 0 Å². The molecule has 0 atom stereocenters. The monoisotopic (exact) mass is 439 g/mol. The normalized spacial score (nSPS) is 11.6. The number of hydrogen-bond donors (Lipinski definition) is 0. The van der Waals surface area contributed by atoms with Crippen LogP contribution >= 0.6 is 11.6 Å². The fraction of sp³-hybridized carbons (Fsp3) is 0.0385. The average molecular weight is 440 g/mol. The highest BCUT2D eigenvalue weighted by Gasteiger charge is 2.11. The van der Waals surface area contributed by atoms with E-state index in [1.54, 1.807) is 0 Å². The maximum absolute atomic E-state index is 6.14. The third-order valence-corrected chi connectivity index (χ3v) is 5.19. The lowest BCUT2D eigenvalue weighted by atomic mass is 10.0. The van der Waals surface area contributed by atoms with Crippen LogP contribution in [0.3, 0.4) is 0 Å². The topological polar surface area (TPSA) is 61.0 Å². The molecular weight excluding hydrogens is 422 g/mol. The van der Waals surface area contributed by atoms with E-state index < -0.39 is 0 Å². The average Bonchev–Trinajstić information content (AvgIpc) is 3.36. The Labute approximate surface area is 190 Å². The van der Waals surface area contributed by atoms with E-state index >= 15 is 0 Å². The number of benzene rings is 3. The number of aromatic nitrogens is 3. The van der Waals surface area contributed by atoms with Crippen LogP contribution in [0.2, 0.25) is 5.02 Å². The van der Waals surface area contributed by atoms with Crippen LogP contribution in [0.25, 0.3) is 22.6 Å². The number of hydrogen-bond acceptors (Lipinski definition) is 5. The number of rotatable bonds is 6. The molecule has 0 N–H and O–H groups in total. The second-order valence-corrected chi connectivity index (χ2v) is 7.60. The summed E-state index contributed by atoms with van der Waals surface area (Å²) in [5.74, 6) is 1.18. The van der Waals surface area contributed by atoms with E-state index in [1.807, 2.05) is 84.9 Å². The maximum atomic E-state index is 6.14. The molecule has 156 valence electrons. The zero-order valence-corrected chi connectivity index (χ0v) is 17.7. The summed E-state index contributed by atoms with van der Waals surface area (Å²) < 4.78 is 11.4. The minimum atomic E-state index is 0.388. The Balaban J connectivity index is 1.36. The zero-order chi connectivity index (χ0) is 21.8. The number of ether oxygens (including phenoxy) is 1. The van der Waals surface area contributed by atoms with Crippen LogP contribution in [-0.4, -0.2) is 15.2 Å². The smallest absolute Gasteiger partial charge is 0.248 e. The molecule has 0 spiro atoms. The Bertz CT molecular complexity index is 1380. The molecule has 0 saturated heterocycles. The van der Waals surface area contributed by atoms with Gasteiger partial charge in [-0.25, -0.2) is 4.98 Å². The molecule has 0 unspecified atom stereocenters. The van der Waals surface area contributed by atoms with Crippen LogP contribution in [0.15, 0.2) is 95.7 Å². The highest BCUT2D eigenvalue weighted by atomic mass is 35.5. The predicted molar refractivity (Wildman–Crippen MR) is 125 cm³/mol. The number of pyridine rings is 1. The van der Waals surface area contributed by atoms with Gasteiger partial charge in [0, 0.05) is 16.0 Å². The van der Waals surface area contributed by atoms with Gasteiger partial charge in [-0.15, -0.1) is 10.2 Å². The van der Waals surface area contributed by atoms with Crippen molar-refractivity contribution in [1.29, 1.82) is 0 Å². The van der Waals surface area contributed by atoms with Crippen molar-refractivity contribution in [3.05, 3.63) is 119 Å². The summed E-state index contributed by atoms with van der Waals surface area (Å²) in [5, 5.41) is 9.67. The van der Waals surface area contributed by atoms with Crippen molar-refractivity contribution in [2.45, 2.75) is 6.61 Å². The van der Waals surface area contributed by atoms with E-state index in [0.717, 1.165) is 39.0 Å². The lowest BCUT2D eigenvalue weighted by molar-refractivity contribution is 0.302. The van der Waals surface area contributed by atoms with Crippen molar-refractivity contribution in [2.75, 3.05) is 0 Å². The van der Waals surface area contributed by atoms with Crippen LogP contribution in [0.4, 0.5) is 0 Å². The molecule has 0 fully saturated rings. The minimum absolute atomic E-state index is 0.388. The van der Waals surface area contributed by atoms with Crippen molar-refractivity contribution in [3.8, 4) is 5.75 Å². The van der Waals surface area contributed by atoms with Gasteiger partial charge in [0.25, 0.3) is 0 Å². The molecule has 2 aromatic heterocycles. The van der Waals surface area contributed by atoms with Crippen LogP contribution in [0, 0.1) is 0 Å². The molecule has 5 nitrogen and oxygen atoms in total. The Morgan fingerprint density at radius 3 is 2.62 bits per heavy atom. The van der Waals surface area contributed by atoms with E-state index in [0.29, 0.717) is 17.5 Å². The summed E-state index contributed by atoms with van der Waals surface area (Å²) in [7, 11) is 0. The lowest BCUT2D eigenvalue weighted by Crippen LogP contribution is -1.98. The van der Waals surface area contributed by atoms with Gasteiger partial charge in [-0.05, 0) is 53.6 Å². The van der Waals surface area contributed by atoms with E-state index in [2.05, 4.69) is 21.2 Å². The van der Waals surface area contributed by atoms with Crippen molar-refractivity contribution in [3.63, 3.8) is 0 Å². The van der Waals surface area contributed by atoms with E-state index in [-0.39, 0.29) is 0 Å². The van der Waals surface area contributed by atoms with Crippen molar-refractivity contribution in [2.24, 2.45) is 0 Å². The lowest BCUT2D eigenvalue weighted by Gasteiger charge is -2.09. The molecule has 0 radical (unpaired) electrons. The molecule has 0 bridgehead atoms. The van der Waals surface area contributed by atoms with Gasteiger partial charge < -0.3 is 9.15 Å². The SMILES string of the molecule is Clc1cccc(/C=C(/c2ccc(OCc3ccc4ccccc4n3)cc2)c2nnco2)c1. The molecule has 2 heterocycles. The molecule has 0 aliphatic carbocycles. The highest BCUT2D eigenvalue weighted by molar-refractivity contribution is 6.30.